The van der Waals surface area contributed by atoms with Crippen molar-refractivity contribution in [1.82, 2.24) is 15.1 Å². The standard InChI is InChI=1S/C19H29ClN4O.HI/c1-15(25-18-7-5-16(20)6-8-18)13-22-19(21-2)24-12-9-17(14-24)23-10-3-4-11-23;/h5-8,15,17H,3-4,9-14H2,1-2H3,(H,21,22);1H. The van der Waals surface area contributed by atoms with Crippen LogP contribution < -0.4 is 10.1 Å². The van der Waals surface area contributed by atoms with E-state index in [0.717, 1.165) is 36.4 Å². The lowest BCUT2D eigenvalue weighted by molar-refractivity contribution is 0.221. The van der Waals surface area contributed by atoms with Crippen LogP contribution in [0.2, 0.25) is 5.02 Å². The van der Waals surface area contributed by atoms with E-state index in [9.17, 15) is 0 Å². The second-order valence-electron chi connectivity index (χ2n) is 6.94. The van der Waals surface area contributed by atoms with Gasteiger partial charge in [-0.25, -0.2) is 0 Å². The number of guanidine groups is 1. The first-order valence-electron chi connectivity index (χ1n) is 9.27. The lowest BCUT2D eigenvalue weighted by atomic mass is 10.2. The highest BCUT2D eigenvalue weighted by atomic mass is 127. The van der Waals surface area contributed by atoms with E-state index in [1.54, 1.807) is 0 Å². The molecule has 146 valence electrons. The lowest BCUT2D eigenvalue weighted by Crippen LogP contribution is -2.45. The molecule has 2 fully saturated rings. The van der Waals surface area contributed by atoms with Crippen molar-refractivity contribution in [2.45, 2.75) is 38.3 Å². The fraction of sp³-hybridized carbons (Fsp3) is 0.632. The Hall–Kier alpha value is -0.730. The SMILES string of the molecule is CN=C(NCC(C)Oc1ccc(Cl)cc1)N1CCC(N2CCCC2)C1.I. The molecule has 2 saturated heterocycles. The van der Waals surface area contributed by atoms with E-state index in [2.05, 4.69) is 27.0 Å². The average Bonchev–Trinajstić information content (AvgIpc) is 3.29. The molecule has 1 N–H and O–H groups in total. The van der Waals surface area contributed by atoms with E-state index >= 15 is 0 Å². The van der Waals surface area contributed by atoms with E-state index < -0.39 is 0 Å². The van der Waals surface area contributed by atoms with Crippen molar-refractivity contribution in [3.05, 3.63) is 29.3 Å². The minimum absolute atomic E-state index is 0. The topological polar surface area (TPSA) is 40.1 Å². The summed E-state index contributed by atoms with van der Waals surface area (Å²) in [6.07, 6.45) is 3.98. The number of rotatable bonds is 5. The second kappa shape index (κ2) is 10.6. The fourth-order valence-electron chi connectivity index (χ4n) is 3.69. The van der Waals surface area contributed by atoms with E-state index in [0.29, 0.717) is 6.04 Å². The van der Waals surface area contributed by atoms with Gasteiger partial charge in [-0.1, -0.05) is 11.6 Å². The third-order valence-electron chi connectivity index (χ3n) is 5.03. The van der Waals surface area contributed by atoms with Gasteiger partial charge in [-0.2, -0.15) is 0 Å². The van der Waals surface area contributed by atoms with E-state index in [1.807, 2.05) is 31.3 Å². The van der Waals surface area contributed by atoms with Gasteiger partial charge in [0.1, 0.15) is 11.9 Å². The Morgan fingerprint density at radius 2 is 1.96 bits per heavy atom. The molecule has 1 aromatic rings. The van der Waals surface area contributed by atoms with Gasteiger partial charge in [0.2, 0.25) is 0 Å². The van der Waals surface area contributed by atoms with Crippen molar-refractivity contribution in [2.24, 2.45) is 4.99 Å². The molecule has 7 heteroatoms. The highest BCUT2D eigenvalue weighted by molar-refractivity contribution is 14.0. The number of hydrogen-bond donors (Lipinski definition) is 1. The van der Waals surface area contributed by atoms with Gasteiger partial charge in [0, 0.05) is 31.2 Å². The Kier molecular flexibility index (Phi) is 8.76. The van der Waals surface area contributed by atoms with Crippen LogP contribution >= 0.6 is 35.6 Å². The first-order valence-corrected chi connectivity index (χ1v) is 9.65. The molecule has 2 aliphatic heterocycles. The summed E-state index contributed by atoms with van der Waals surface area (Å²) in [5, 5.41) is 4.18. The van der Waals surface area contributed by atoms with Gasteiger partial charge in [0.15, 0.2) is 5.96 Å². The predicted octanol–water partition coefficient (Wildman–Crippen LogP) is 3.47. The number of hydrogen-bond acceptors (Lipinski definition) is 3. The number of benzene rings is 1. The highest BCUT2D eigenvalue weighted by Crippen LogP contribution is 2.20. The monoisotopic (exact) mass is 492 g/mol. The largest absolute Gasteiger partial charge is 0.489 e. The van der Waals surface area contributed by atoms with Crippen LogP contribution in [-0.2, 0) is 0 Å². The maximum Gasteiger partial charge on any atom is 0.193 e. The number of nitrogens with zero attached hydrogens (tertiary/aromatic N) is 3. The first-order chi connectivity index (χ1) is 12.2. The van der Waals surface area contributed by atoms with Crippen molar-refractivity contribution < 1.29 is 4.74 Å². The van der Waals surface area contributed by atoms with E-state index in [1.165, 1.54) is 32.4 Å². The molecule has 0 bridgehead atoms. The smallest absolute Gasteiger partial charge is 0.193 e. The van der Waals surface area contributed by atoms with Crippen molar-refractivity contribution in [3.63, 3.8) is 0 Å². The maximum absolute atomic E-state index is 5.93. The summed E-state index contributed by atoms with van der Waals surface area (Å²) < 4.78 is 5.93. The van der Waals surface area contributed by atoms with Crippen LogP contribution in [0.4, 0.5) is 0 Å². The van der Waals surface area contributed by atoms with Crippen LogP contribution in [0.1, 0.15) is 26.2 Å². The fourth-order valence-corrected chi connectivity index (χ4v) is 3.82. The second-order valence-corrected chi connectivity index (χ2v) is 7.38. The summed E-state index contributed by atoms with van der Waals surface area (Å²) in [7, 11) is 1.86. The van der Waals surface area contributed by atoms with Crippen LogP contribution in [-0.4, -0.2) is 67.7 Å². The summed E-state index contributed by atoms with van der Waals surface area (Å²) >= 11 is 5.91. The van der Waals surface area contributed by atoms with E-state index in [4.69, 9.17) is 16.3 Å². The maximum atomic E-state index is 5.93. The highest BCUT2D eigenvalue weighted by Gasteiger charge is 2.30. The molecule has 0 spiro atoms. The Balaban J connectivity index is 0.00000243. The van der Waals surface area contributed by atoms with Crippen LogP contribution in [0.25, 0.3) is 0 Å². The van der Waals surface area contributed by atoms with Crippen LogP contribution in [0.5, 0.6) is 5.75 Å². The molecule has 3 rings (SSSR count). The molecule has 2 heterocycles. The average molecular weight is 493 g/mol. The minimum atomic E-state index is 0. The van der Waals surface area contributed by atoms with Gasteiger partial charge >= 0.3 is 0 Å². The number of aliphatic imine (C=N–C) groups is 1. The van der Waals surface area contributed by atoms with Crippen LogP contribution in [0.3, 0.4) is 0 Å². The van der Waals surface area contributed by atoms with Gasteiger partial charge in [-0.05, 0) is 63.5 Å². The molecule has 0 aliphatic carbocycles. The lowest BCUT2D eigenvalue weighted by Gasteiger charge is -2.26. The zero-order chi connectivity index (χ0) is 17.6. The number of likely N-dealkylation sites (tertiary alicyclic amines) is 2. The Morgan fingerprint density at radius 1 is 1.27 bits per heavy atom. The zero-order valence-corrected chi connectivity index (χ0v) is 18.7. The number of halogens is 2. The molecule has 0 aromatic heterocycles. The Bertz CT molecular complexity index is 577. The third-order valence-corrected chi connectivity index (χ3v) is 5.28. The van der Waals surface area contributed by atoms with Crippen molar-refractivity contribution in [3.8, 4) is 5.75 Å². The molecule has 5 nitrogen and oxygen atoms in total. The normalized spacial score (nSPS) is 22.2. The Labute approximate surface area is 179 Å². The number of ether oxygens (including phenoxy) is 1. The minimum Gasteiger partial charge on any atom is -0.489 e. The van der Waals surface area contributed by atoms with Crippen LogP contribution in [0, 0.1) is 0 Å². The number of nitrogens with one attached hydrogen (secondary N) is 1. The predicted molar refractivity (Wildman–Crippen MR) is 119 cm³/mol. The summed E-state index contributed by atoms with van der Waals surface area (Å²) in [6, 6.07) is 8.17. The Morgan fingerprint density at radius 3 is 2.62 bits per heavy atom. The van der Waals surface area contributed by atoms with Crippen molar-refractivity contribution in [1.29, 1.82) is 0 Å². The third kappa shape index (κ3) is 5.89. The molecule has 2 aliphatic rings. The van der Waals surface area contributed by atoms with Crippen molar-refractivity contribution in [2.75, 3.05) is 39.8 Å². The molecule has 2 atom stereocenters. The quantitative estimate of drug-likeness (QED) is 0.388. The molecule has 26 heavy (non-hydrogen) atoms. The first kappa shape index (κ1) is 21.6. The molecule has 1 aromatic carbocycles. The summed E-state index contributed by atoms with van der Waals surface area (Å²) in [5.74, 6) is 1.82. The van der Waals surface area contributed by atoms with Crippen molar-refractivity contribution >= 4 is 41.5 Å². The summed E-state index contributed by atoms with van der Waals surface area (Å²) in [5.41, 5.74) is 0. The molecule has 0 saturated carbocycles. The summed E-state index contributed by atoms with van der Waals surface area (Å²) in [4.78, 5) is 9.47. The molecular weight excluding hydrogens is 463 g/mol. The van der Waals surface area contributed by atoms with Gasteiger partial charge in [0.25, 0.3) is 0 Å². The van der Waals surface area contributed by atoms with Gasteiger partial charge in [-0.3, -0.25) is 9.89 Å². The molecule has 2 unspecified atom stereocenters. The van der Waals surface area contributed by atoms with Gasteiger partial charge in [0.05, 0.1) is 6.54 Å². The molecule has 0 amide bonds. The van der Waals surface area contributed by atoms with Crippen LogP contribution in [0.15, 0.2) is 29.3 Å². The van der Waals surface area contributed by atoms with Gasteiger partial charge < -0.3 is 15.0 Å². The molecule has 0 radical (unpaired) electrons. The van der Waals surface area contributed by atoms with Gasteiger partial charge in [-0.15, -0.1) is 24.0 Å². The molecular formula is C19H30ClIN4O. The summed E-state index contributed by atoms with van der Waals surface area (Å²) in [6.45, 7) is 7.46. The zero-order valence-electron chi connectivity index (χ0n) is 15.7. The van der Waals surface area contributed by atoms with E-state index in [-0.39, 0.29) is 30.1 Å².